The largest absolute Gasteiger partial charge is 0.364 e. The maximum atomic E-state index is 9.31. The van der Waals surface area contributed by atoms with E-state index in [2.05, 4.69) is 36.2 Å². The van der Waals surface area contributed by atoms with E-state index in [0.717, 1.165) is 25.2 Å². The Morgan fingerprint density at radius 2 is 2.10 bits per heavy atom. The van der Waals surface area contributed by atoms with E-state index in [1.165, 1.54) is 0 Å². The van der Waals surface area contributed by atoms with Crippen molar-refractivity contribution >= 4 is 5.69 Å². The maximum absolute atomic E-state index is 9.31. The minimum Gasteiger partial charge on any atom is -0.364 e. The van der Waals surface area contributed by atoms with E-state index in [1.54, 1.807) is 0 Å². The van der Waals surface area contributed by atoms with Crippen LogP contribution >= 0.6 is 0 Å². The number of nitrogens with zero attached hydrogens (tertiary/aromatic N) is 3. The Morgan fingerprint density at radius 3 is 2.80 bits per heavy atom. The lowest BCUT2D eigenvalue weighted by atomic mass is 9.96. The van der Waals surface area contributed by atoms with E-state index in [9.17, 15) is 5.26 Å². The first-order valence-corrected chi connectivity index (χ1v) is 6.95. The van der Waals surface area contributed by atoms with Gasteiger partial charge >= 0.3 is 0 Å². The number of hydrogen-bond donors (Lipinski definition) is 1. The fourth-order valence-electron chi connectivity index (χ4n) is 2.72. The summed E-state index contributed by atoms with van der Waals surface area (Å²) >= 11 is 0. The van der Waals surface area contributed by atoms with Gasteiger partial charge in [-0.1, -0.05) is 12.1 Å². The van der Waals surface area contributed by atoms with E-state index in [4.69, 9.17) is 5.26 Å². The van der Waals surface area contributed by atoms with E-state index in [1.807, 2.05) is 24.3 Å². The Morgan fingerprint density at radius 1 is 1.35 bits per heavy atom. The Kier molecular flexibility index (Phi) is 4.27. The highest BCUT2D eigenvalue weighted by molar-refractivity contribution is 5.61. The van der Waals surface area contributed by atoms with Crippen LogP contribution in [-0.4, -0.2) is 24.7 Å². The van der Waals surface area contributed by atoms with Crippen LogP contribution in [0.15, 0.2) is 24.3 Å². The van der Waals surface area contributed by atoms with Gasteiger partial charge in [-0.2, -0.15) is 10.5 Å². The first kappa shape index (κ1) is 14.4. The fourth-order valence-corrected chi connectivity index (χ4v) is 2.72. The van der Waals surface area contributed by atoms with Crippen molar-refractivity contribution in [2.24, 2.45) is 0 Å². The molecule has 1 N–H and O–H groups in total. The van der Waals surface area contributed by atoms with Crippen molar-refractivity contribution in [3.8, 4) is 12.1 Å². The van der Waals surface area contributed by atoms with Crippen molar-refractivity contribution < 1.29 is 0 Å². The number of rotatable bonds is 2. The van der Waals surface area contributed by atoms with Crippen molar-refractivity contribution in [2.45, 2.75) is 38.3 Å². The van der Waals surface area contributed by atoms with Crippen LogP contribution in [0.1, 0.15) is 32.3 Å². The monoisotopic (exact) mass is 268 g/mol. The highest BCUT2D eigenvalue weighted by Gasteiger charge is 2.32. The van der Waals surface area contributed by atoms with Crippen molar-refractivity contribution in [1.29, 1.82) is 10.5 Å². The van der Waals surface area contributed by atoms with Crippen molar-refractivity contribution in [3.05, 3.63) is 29.8 Å². The van der Waals surface area contributed by atoms with Crippen LogP contribution in [0.4, 0.5) is 5.69 Å². The quantitative estimate of drug-likeness (QED) is 0.894. The minimum absolute atomic E-state index is 0.0375. The molecule has 4 nitrogen and oxygen atoms in total. The van der Waals surface area contributed by atoms with Gasteiger partial charge in [0.2, 0.25) is 0 Å². The topological polar surface area (TPSA) is 62.9 Å². The molecule has 1 aromatic rings. The molecule has 1 atom stereocenters. The number of nitriles is 2. The van der Waals surface area contributed by atoms with Gasteiger partial charge in [-0.25, -0.2) is 0 Å². The molecule has 104 valence electrons. The summed E-state index contributed by atoms with van der Waals surface area (Å²) in [6.07, 6.45) is 1.47. The predicted octanol–water partition coefficient (Wildman–Crippen LogP) is 2.42. The highest BCUT2D eigenvalue weighted by Crippen LogP contribution is 2.31. The molecule has 20 heavy (non-hydrogen) atoms. The van der Waals surface area contributed by atoms with Gasteiger partial charge in [-0.3, -0.25) is 0 Å². The summed E-state index contributed by atoms with van der Waals surface area (Å²) in [5.74, 6) is 0. The van der Waals surface area contributed by atoms with Crippen molar-refractivity contribution in [3.63, 3.8) is 0 Å². The van der Waals surface area contributed by atoms with Gasteiger partial charge in [-0.15, -0.1) is 0 Å². The van der Waals surface area contributed by atoms with Gasteiger partial charge in [0.1, 0.15) is 6.07 Å². The second-order valence-corrected chi connectivity index (χ2v) is 5.82. The lowest BCUT2D eigenvalue weighted by Gasteiger charge is -2.40. The zero-order valence-electron chi connectivity index (χ0n) is 12.1. The van der Waals surface area contributed by atoms with Crippen molar-refractivity contribution in [1.82, 2.24) is 5.32 Å². The molecular formula is C16H20N4. The first-order valence-electron chi connectivity index (χ1n) is 6.95. The van der Waals surface area contributed by atoms with E-state index >= 15 is 0 Å². The van der Waals surface area contributed by atoms with Crippen LogP contribution in [0.25, 0.3) is 0 Å². The van der Waals surface area contributed by atoms with Gasteiger partial charge in [-0.05, 0) is 38.9 Å². The molecule has 2 rings (SSSR count). The number of nitrogens with one attached hydrogen (secondary N) is 1. The van der Waals surface area contributed by atoms with Gasteiger partial charge in [0, 0.05) is 18.1 Å². The number of benzene rings is 1. The summed E-state index contributed by atoms with van der Waals surface area (Å²) in [6.45, 7) is 6.03. The molecule has 1 aliphatic rings. The van der Waals surface area contributed by atoms with Gasteiger partial charge in [0.25, 0.3) is 0 Å². The average molecular weight is 268 g/mol. The molecule has 0 bridgehead atoms. The summed E-state index contributed by atoms with van der Waals surface area (Å²) in [5, 5.41) is 21.7. The molecule has 0 spiro atoms. The molecule has 1 aromatic carbocycles. The molecule has 4 heteroatoms. The molecule has 0 radical (unpaired) electrons. The Hall–Kier alpha value is -2.04. The van der Waals surface area contributed by atoms with Crippen LogP contribution in [0, 0.1) is 22.7 Å². The second-order valence-electron chi connectivity index (χ2n) is 5.82. The SMILES string of the molecule is CC1(C)CCNC(CC#N)CN1c1ccccc1C#N. The second kappa shape index (κ2) is 5.94. The summed E-state index contributed by atoms with van der Waals surface area (Å²) in [6, 6.07) is 12.4. The highest BCUT2D eigenvalue weighted by atomic mass is 15.2. The van der Waals surface area contributed by atoms with Gasteiger partial charge < -0.3 is 10.2 Å². The van der Waals surface area contributed by atoms with E-state index < -0.39 is 0 Å². The molecule has 0 aromatic heterocycles. The molecule has 0 saturated carbocycles. The number of anilines is 1. The molecule has 1 fully saturated rings. The normalized spacial score (nSPS) is 21.6. The minimum atomic E-state index is -0.0375. The molecule has 1 heterocycles. The smallest absolute Gasteiger partial charge is 0.101 e. The molecule has 1 saturated heterocycles. The van der Waals surface area contributed by atoms with Crippen LogP contribution in [0.3, 0.4) is 0 Å². The number of hydrogen-bond acceptors (Lipinski definition) is 4. The summed E-state index contributed by atoms with van der Waals surface area (Å²) in [4.78, 5) is 2.27. The molecule has 0 aliphatic carbocycles. The lowest BCUT2D eigenvalue weighted by Crippen LogP contribution is -2.47. The fraction of sp³-hybridized carbons (Fsp3) is 0.500. The van der Waals surface area contributed by atoms with Crippen LogP contribution in [0.5, 0.6) is 0 Å². The number of para-hydroxylation sites is 1. The van der Waals surface area contributed by atoms with E-state index in [-0.39, 0.29) is 11.6 Å². The standard InChI is InChI=1S/C16H20N4/c1-16(2)8-10-19-14(7-9-17)12-20(16)15-6-4-3-5-13(15)11-18/h3-6,14,19H,7-8,10,12H2,1-2H3. The predicted molar refractivity (Wildman–Crippen MR) is 79.2 cm³/mol. The zero-order chi connectivity index (χ0) is 14.6. The average Bonchev–Trinajstić information content (AvgIpc) is 2.58. The third-order valence-electron chi connectivity index (χ3n) is 3.96. The molecule has 1 unspecified atom stereocenters. The van der Waals surface area contributed by atoms with E-state index in [0.29, 0.717) is 12.0 Å². The first-order chi connectivity index (χ1) is 9.58. The lowest BCUT2D eigenvalue weighted by molar-refractivity contribution is 0.452. The summed E-state index contributed by atoms with van der Waals surface area (Å²) < 4.78 is 0. The Labute approximate surface area is 120 Å². The van der Waals surface area contributed by atoms with Gasteiger partial charge in [0.05, 0.1) is 23.7 Å². The third kappa shape index (κ3) is 2.92. The molecule has 1 aliphatic heterocycles. The molecular weight excluding hydrogens is 248 g/mol. The Bertz CT molecular complexity index is 550. The third-order valence-corrected chi connectivity index (χ3v) is 3.96. The van der Waals surface area contributed by atoms with Gasteiger partial charge in [0.15, 0.2) is 0 Å². The Balaban J connectivity index is 2.38. The zero-order valence-corrected chi connectivity index (χ0v) is 12.1. The van der Waals surface area contributed by atoms with Crippen molar-refractivity contribution in [2.75, 3.05) is 18.0 Å². The van der Waals surface area contributed by atoms with Crippen LogP contribution < -0.4 is 10.2 Å². The summed E-state index contributed by atoms with van der Waals surface area (Å²) in [7, 11) is 0. The van der Waals surface area contributed by atoms with Crippen LogP contribution in [-0.2, 0) is 0 Å². The molecule has 0 amide bonds. The summed E-state index contributed by atoms with van der Waals surface area (Å²) in [5.41, 5.74) is 1.62. The maximum Gasteiger partial charge on any atom is 0.101 e. The van der Waals surface area contributed by atoms with Crippen LogP contribution in [0.2, 0.25) is 0 Å².